The molecule has 198 valence electrons. The third kappa shape index (κ3) is 6.25. The number of benzene rings is 3. The lowest BCUT2D eigenvalue weighted by molar-refractivity contribution is -0.138. The van der Waals surface area contributed by atoms with Gasteiger partial charge in [-0.05, 0) is 23.8 Å². The normalized spacial score (nSPS) is 16.3. The Morgan fingerprint density at radius 2 is 1.59 bits per heavy atom. The number of hydrogen-bond donors (Lipinski definition) is 5. The lowest BCUT2D eigenvalue weighted by Gasteiger charge is -2.13. The Labute approximate surface area is 227 Å². The number of aromatic nitrogens is 3. The molecule has 1 fully saturated rings. The molecule has 5 rings (SSSR count). The number of carboxylic acids is 1. The molecular formula is C27H26N7O4S+. The van der Waals surface area contributed by atoms with E-state index in [1.807, 2.05) is 54.6 Å². The molecule has 0 saturated carbocycles. The fourth-order valence-electron chi connectivity index (χ4n) is 4.00. The van der Waals surface area contributed by atoms with E-state index in [1.54, 1.807) is 24.3 Å². The average molecular weight is 545 g/mol. The summed E-state index contributed by atoms with van der Waals surface area (Å²) < 4.78 is 5.30. The van der Waals surface area contributed by atoms with Crippen molar-refractivity contribution < 1.29 is 19.4 Å². The van der Waals surface area contributed by atoms with Crippen LogP contribution in [0.4, 0.5) is 28.1 Å². The number of amides is 2. The topological polar surface area (TPSA) is 150 Å². The Balaban J connectivity index is 1.45. The summed E-state index contributed by atoms with van der Waals surface area (Å²) in [6, 6.07) is 23.4. The minimum atomic E-state index is -0.927. The van der Waals surface area contributed by atoms with Crippen LogP contribution in [0.3, 0.4) is 0 Å². The molecule has 3 aromatic carbocycles. The van der Waals surface area contributed by atoms with Crippen molar-refractivity contribution in [3.63, 3.8) is 0 Å². The molecule has 0 aliphatic carbocycles. The number of carboxylic acid groups (broad SMARTS) is 1. The Morgan fingerprint density at radius 1 is 0.897 bits per heavy atom. The minimum absolute atomic E-state index is 0.0263. The molecule has 0 bridgehead atoms. The summed E-state index contributed by atoms with van der Waals surface area (Å²) in [5.74, 6) is 0.576. The van der Waals surface area contributed by atoms with E-state index in [0.717, 1.165) is 16.8 Å². The van der Waals surface area contributed by atoms with Crippen LogP contribution in [0.5, 0.6) is 5.75 Å². The molecule has 1 saturated heterocycles. The molecule has 1 aromatic heterocycles. The van der Waals surface area contributed by atoms with Crippen LogP contribution in [-0.2, 0) is 15.7 Å². The van der Waals surface area contributed by atoms with Crippen LogP contribution >= 0.6 is 0 Å². The number of urea groups is 1. The number of aliphatic carboxylic acids is 1. The molecule has 1 aliphatic heterocycles. The predicted molar refractivity (Wildman–Crippen MR) is 151 cm³/mol. The van der Waals surface area contributed by atoms with Crippen LogP contribution in [-0.4, -0.2) is 56.8 Å². The fourth-order valence-corrected chi connectivity index (χ4v) is 5.89. The highest BCUT2D eigenvalue weighted by Crippen LogP contribution is 2.30. The van der Waals surface area contributed by atoms with E-state index >= 15 is 0 Å². The van der Waals surface area contributed by atoms with Crippen molar-refractivity contribution >= 4 is 46.2 Å². The van der Waals surface area contributed by atoms with Crippen LogP contribution in [0.25, 0.3) is 11.1 Å². The second-order valence-electron chi connectivity index (χ2n) is 8.48. The van der Waals surface area contributed by atoms with Crippen molar-refractivity contribution in [1.29, 1.82) is 0 Å². The summed E-state index contributed by atoms with van der Waals surface area (Å²) in [5.41, 5.74) is 3.20. The van der Waals surface area contributed by atoms with Gasteiger partial charge in [0.25, 0.3) is 0 Å². The van der Waals surface area contributed by atoms with Crippen molar-refractivity contribution in [3.8, 4) is 16.9 Å². The van der Waals surface area contributed by atoms with Gasteiger partial charge in [0.2, 0.25) is 11.9 Å². The summed E-state index contributed by atoms with van der Waals surface area (Å²) >= 11 is 0. The van der Waals surface area contributed by atoms with E-state index in [2.05, 4.69) is 36.2 Å². The molecule has 2 atom stereocenters. The fraction of sp³-hybridized carbons (Fsp3) is 0.148. The maximum absolute atomic E-state index is 12.8. The van der Waals surface area contributed by atoms with Crippen molar-refractivity contribution in [2.24, 2.45) is 0 Å². The highest BCUT2D eigenvalue weighted by Gasteiger charge is 2.41. The lowest BCUT2D eigenvalue weighted by Crippen LogP contribution is -2.32. The first-order valence-corrected chi connectivity index (χ1v) is 13.6. The first-order valence-electron chi connectivity index (χ1n) is 12.0. The van der Waals surface area contributed by atoms with Crippen molar-refractivity contribution in [1.82, 2.24) is 20.3 Å². The summed E-state index contributed by atoms with van der Waals surface area (Å²) in [7, 11) is 0.912. The van der Waals surface area contributed by atoms with Gasteiger partial charge in [0.15, 0.2) is 11.9 Å². The van der Waals surface area contributed by atoms with Crippen LogP contribution in [0.2, 0.25) is 0 Å². The van der Waals surface area contributed by atoms with Crippen LogP contribution in [0.15, 0.2) is 84.0 Å². The van der Waals surface area contributed by atoms with E-state index in [1.165, 1.54) is 7.11 Å². The van der Waals surface area contributed by atoms with Gasteiger partial charge >= 0.3 is 17.2 Å². The van der Waals surface area contributed by atoms with Crippen LogP contribution in [0.1, 0.15) is 0 Å². The highest BCUT2D eigenvalue weighted by molar-refractivity contribution is 7.97. The van der Waals surface area contributed by atoms with Crippen LogP contribution < -0.4 is 26.0 Å². The number of rotatable bonds is 8. The van der Waals surface area contributed by atoms with E-state index in [-0.39, 0.29) is 11.9 Å². The Bertz CT molecular complexity index is 1490. The monoisotopic (exact) mass is 544 g/mol. The molecule has 5 N–H and O–H groups in total. The number of hydrogen-bond acceptors (Lipinski definition) is 8. The predicted octanol–water partition coefficient (Wildman–Crippen LogP) is 3.93. The van der Waals surface area contributed by atoms with Gasteiger partial charge < -0.3 is 20.5 Å². The molecule has 0 radical (unpaired) electrons. The Hall–Kier alpha value is -4.68. The van der Waals surface area contributed by atoms with Gasteiger partial charge in [0.05, 0.1) is 23.7 Å². The number of carbonyl (C=O) groups is 2. The zero-order valence-electron chi connectivity index (χ0n) is 20.9. The first kappa shape index (κ1) is 25.9. The van der Waals surface area contributed by atoms with Crippen molar-refractivity contribution in [2.75, 3.05) is 34.7 Å². The number of nitrogens with one attached hydrogen (secondary N) is 4. The number of para-hydroxylation sites is 3. The molecule has 12 heteroatoms. The smallest absolute Gasteiger partial charge is 0.352 e. The molecule has 0 spiro atoms. The first-order chi connectivity index (χ1) is 19.0. The molecule has 1 aliphatic rings. The van der Waals surface area contributed by atoms with Gasteiger partial charge in [-0.25, -0.2) is 4.79 Å². The van der Waals surface area contributed by atoms with Gasteiger partial charge in [-0.2, -0.15) is 4.98 Å². The summed E-state index contributed by atoms with van der Waals surface area (Å²) in [5, 5.41) is 21.5. The summed E-state index contributed by atoms with van der Waals surface area (Å²) in [6.07, 6.45) is 0. The Kier molecular flexibility index (Phi) is 7.85. The number of carbonyl (C=O) groups excluding carboxylic acids is 1. The van der Waals surface area contributed by atoms with Crippen molar-refractivity contribution in [3.05, 3.63) is 78.9 Å². The minimum Gasteiger partial charge on any atom is -0.495 e. The van der Waals surface area contributed by atoms with Gasteiger partial charge in [-0.15, -0.1) is 9.97 Å². The second-order valence-corrected chi connectivity index (χ2v) is 10.5. The number of anilines is 4. The summed E-state index contributed by atoms with van der Waals surface area (Å²) in [6.45, 7) is 0. The SMILES string of the molecule is COc1ccccc1NC(=O)Nc1nc(Nc2ccccc2-c2ccccc2)nc([S+]2CNC(C(=O)O)C2)n1. The zero-order valence-corrected chi connectivity index (χ0v) is 21.7. The maximum Gasteiger partial charge on any atom is 0.352 e. The quantitative estimate of drug-likeness (QED) is 0.208. The third-order valence-corrected chi connectivity index (χ3v) is 7.83. The molecule has 11 nitrogen and oxygen atoms in total. The van der Waals surface area contributed by atoms with Gasteiger partial charge in [0, 0.05) is 11.3 Å². The standard InChI is InChI=1S/C27H25N7O4S/c1-38-22-14-8-7-13-20(22)30-26(37)32-25-31-24(33-27(34-25)39-15-21(23(35)36)28-16-39)29-19-12-6-5-11-18(19)17-9-3-2-4-10-17/h2-14,21,28H,15-16H2,1H3,(H3-,29,30,31,32,33,34,35,36,37)/p+1. The van der Waals surface area contributed by atoms with Gasteiger partial charge in [-0.3, -0.25) is 15.4 Å². The Morgan fingerprint density at radius 3 is 2.33 bits per heavy atom. The highest BCUT2D eigenvalue weighted by atomic mass is 32.2. The van der Waals surface area contributed by atoms with Crippen LogP contribution in [0, 0.1) is 0 Å². The lowest BCUT2D eigenvalue weighted by atomic mass is 10.0. The number of methoxy groups -OCH3 is 1. The van der Waals surface area contributed by atoms with E-state index in [4.69, 9.17) is 4.74 Å². The molecule has 39 heavy (non-hydrogen) atoms. The van der Waals surface area contributed by atoms with Gasteiger partial charge in [-0.1, -0.05) is 60.7 Å². The maximum atomic E-state index is 12.8. The van der Waals surface area contributed by atoms with Gasteiger partial charge in [0.1, 0.15) is 11.5 Å². The molecule has 4 aromatic rings. The number of nitrogens with zero attached hydrogens (tertiary/aromatic N) is 3. The molecule has 2 heterocycles. The third-order valence-electron chi connectivity index (χ3n) is 5.88. The van der Waals surface area contributed by atoms with E-state index in [0.29, 0.717) is 28.2 Å². The average Bonchev–Trinajstić information content (AvgIpc) is 3.45. The van der Waals surface area contributed by atoms with Crippen molar-refractivity contribution in [2.45, 2.75) is 11.2 Å². The second kappa shape index (κ2) is 11.8. The number of ether oxygens (including phenoxy) is 1. The largest absolute Gasteiger partial charge is 0.495 e. The van der Waals surface area contributed by atoms with E-state index < -0.39 is 28.9 Å². The summed E-state index contributed by atoms with van der Waals surface area (Å²) in [4.78, 5) is 37.9. The molecule has 2 unspecified atom stereocenters. The zero-order chi connectivity index (χ0) is 27.2. The van der Waals surface area contributed by atoms with E-state index in [9.17, 15) is 14.7 Å². The molecular weight excluding hydrogens is 518 g/mol. The molecule has 2 amide bonds.